The largest absolute Gasteiger partial charge is 0.573 e. The Hall–Kier alpha value is -4.52. The van der Waals surface area contributed by atoms with Crippen LogP contribution in [-0.4, -0.2) is 51.7 Å². The van der Waals surface area contributed by atoms with E-state index < -0.39 is 11.9 Å². The average Bonchev–Trinajstić information content (AvgIpc) is 3.38. The first kappa shape index (κ1) is 30.5. The zero-order valence-corrected chi connectivity index (χ0v) is 25.7. The predicted octanol–water partition coefficient (Wildman–Crippen LogP) is 7.27. The Morgan fingerprint density at radius 3 is 2.40 bits per heavy atom. The van der Waals surface area contributed by atoms with Gasteiger partial charge in [-0.25, -0.2) is 14.5 Å². The van der Waals surface area contributed by atoms with E-state index in [1.54, 1.807) is 18.9 Å². The highest BCUT2D eigenvalue weighted by Crippen LogP contribution is 2.46. The molecule has 6 rings (SSSR count). The van der Waals surface area contributed by atoms with Crippen molar-refractivity contribution in [1.29, 1.82) is 0 Å². The SMILES string of the molecule is COc1ccc(C(C)C)c(N2CCS/C2=N\C(=O)NC2(c3ccc(-c4ncn(-c5ccc(OC(F)(F)F)cc5)n4)cc3)CC2)c1. The van der Waals surface area contributed by atoms with Crippen molar-refractivity contribution in [1.82, 2.24) is 20.1 Å². The van der Waals surface area contributed by atoms with Crippen LogP contribution in [0.4, 0.5) is 23.7 Å². The average molecular weight is 637 g/mol. The molecular formula is C32H31F3N6O3S. The van der Waals surface area contributed by atoms with Gasteiger partial charge in [0.25, 0.3) is 0 Å². The number of ether oxygens (including phenoxy) is 2. The molecule has 2 heterocycles. The number of nitrogens with one attached hydrogen (secondary N) is 1. The van der Waals surface area contributed by atoms with E-state index in [1.807, 2.05) is 36.4 Å². The van der Waals surface area contributed by atoms with Gasteiger partial charge in [-0.1, -0.05) is 55.9 Å². The monoisotopic (exact) mass is 636 g/mol. The quantitative estimate of drug-likeness (QED) is 0.217. The van der Waals surface area contributed by atoms with Gasteiger partial charge in [-0.3, -0.25) is 0 Å². The number of halogens is 3. The first-order valence-electron chi connectivity index (χ1n) is 14.4. The summed E-state index contributed by atoms with van der Waals surface area (Å²) in [5, 5.41) is 8.27. The third-order valence-electron chi connectivity index (χ3n) is 7.74. The number of methoxy groups -OCH3 is 1. The molecular weight excluding hydrogens is 605 g/mol. The summed E-state index contributed by atoms with van der Waals surface area (Å²) in [5.74, 6) is 2.02. The number of benzene rings is 3. The Kier molecular flexibility index (Phi) is 8.21. The lowest BCUT2D eigenvalue weighted by molar-refractivity contribution is -0.274. The molecule has 0 bridgehead atoms. The fourth-order valence-electron chi connectivity index (χ4n) is 5.28. The lowest BCUT2D eigenvalue weighted by atomic mass is 10.00. The number of nitrogens with zero attached hydrogens (tertiary/aromatic N) is 5. The van der Waals surface area contributed by atoms with E-state index in [2.05, 4.69) is 49.9 Å². The van der Waals surface area contributed by atoms with Crippen LogP contribution in [0.15, 0.2) is 78.0 Å². The third-order valence-corrected chi connectivity index (χ3v) is 8.70. The number of alkyl halides is 3. The summed E-state index contributed by atoms with van der Waals surface area (Å²) in [4.78, 5) is 24.1. The van der Waals surface area contributed by atoms with E-state index in [0.717, 1.165) is 53.3 Å². The molecule has 1 aliphatic carbocycles. The Morgan fingerprint density at radius 2 is 1.76 bits per heavy atom. The fourth-order valence-corrected chi connectivity index (χ4v) is 6.23. The maximum absolute atomic E-state index is 13.2. The molecule has 13 heteroatoms. The highest BCUT2D eigenvalue weighted by Gasteiger charge is 2.46. The minimum atomic E-state index is -4.75. The van der Waals surface area contributed by atoms with Crippen LogP contribution in [0.2, 0.25) is 0 Å². The van der Waals surface area contributed by atoms with Crippen LogP contribution in [0.3, 0.4) is 0 Å². The first-order valence-corrected chi connectivity index (χ1v) is 15.4. The van der Waals surface area contributed by atoms with E-state index >= 15 is 0 Å². The van der Waals surface area contributed by atoms with Gasteiger partial charge in [-0.15, -0.1) is 18.3 Å². The van der Waals surface area contributed by atoms with E-state index in [0.29, 0.717) is 22.6 Å². The number of thioether (sulfide) groups is 1. The summed E-state index contributed by atoms with van der Waals surface area (Å²) in [5.41, 5.74) is 3.94. The number of hydrogen-bond acceptors (Lipinski definition) is 6. The smallest absolute Gasteiger partial charge is 0.497 e. The molecule has 0 atom stereocenters. The molecule has 234 valence electrons. The number of carbonyl (C=O) groups excluding carboxylic acids is 1. The van der Waals surface area contributed by atoms with Crippen LogP contribution >= 0.6 is 11.8 Å². The number of rotatable bonds is 8. The Labute approximate surface area is 262 Å². The van der Waals surface area contributed by atoms with Crippen molar-refractivity contribution in [2.45, 2.75) is 44.5 Å². The molecule has 2 fully saturated rings. The molecule has 1 saturated carbocycles. The zero-order valence-electron chi connectivity index (χ0n) is 24.8. The minimum Gasteiger partial charge on any atom is -0.497 e. The number of urea groups is 1. The Balaban J connectivity index is 1.14. The van der Waals surface area contributed by atoms with Crippen LogP contribution < -0.4 is 19.7 Å². The second-order valence-electron chi connectivity index (χ2n) is 11.1. The predicted molar refractivity (Wildman–Crippen MR) is 167 cm³/mol. The van der Waals surface area contributed by atoms with Crippen LogP contribution in [-0.2, 0) is 5.54 Å². The molecule has 0 unspecified atom stereocenters. The number of hydrogen-bond donors (Lipinski definition) is 1. The Morgan fingerprint density at radius 1 is 1.04 bits per heavy atom. The maximum Gasteiger partial charge on any atom is 0.573 e. The van der Waals surface area contributed by atoms with E-state index in [9.17, 15) is 18.0 Å². The van der Waals surface area contributed by atoms with E-state index in [1.165, 1.54) is 35.3 Å². The molecule has 0 radical (unpaired) electrons. The van der Waals surface area contributed by atoms with Gasteiger partial charge in [-0.2, -0.15) is 4.99 Å². The van der Waals surface area contributed by atoms with Crippen molar-refractivity contribution in [3.05, 3.63) is 84.2 Å². The maximum atomic E-state index is 13.2. The molecule has 3 aromatic carbocycles. The topological polar surface area (TPSA) is 93.9 Å². The van der Waals surface area contributed by atoms with Gasteiger partial charge in [0.05, 0.1) is 18.3 Å². The summed E-state index contributed by atoms with van der Waals surface area (Å²) in [6.07, 6.45) is -1.66. The van der Waals surface area contributed by atoms with Crippen molar-refractivity contribution >= 4 is 28.6 Å². The van der Waals surface area contributed by atoms with Crippen molar-refractivity contribution in [2.75, 3.05) is 24.3 Å². The van der Waals surface area contributed by atoms with Gasteiger partial charge in [0.1, 0.15) is 17.8 Å². The van der Waals surface area contributed by atoms with E-state index in [4.69, 9.17) is 4.74 Å². The number of aliphatic imine (C=N–C) groups is 1. The summed E-state index contributed by atoms with van der Waals surface area (Å²) < 4.78 is 48.2. The molecule has 9 nitrogen and oxygen atoms in total. The van der Waals surface area contributed by atoms with E-state index in [-0.39, 0.29) is 11.8 Å². The van der Waals surface area contributed by atoms with Gasteiger partial charge in [0.2, 0.25) is 0 Å². The van der Waals surface area contributed by atoms with Crippen molar-refractivity contribution in [3.8, 4) is 28.6 Å². The van der Waals surface area contributed by atoms with Crippen LogP contribution in [0, 0.1) is 0 Å². The van der Waals surface area contributed by atoms with Crippen LogP contribution in [0.25, 0.3) is 17.1 Å². The van der Waals surface area contributed by atoms with Gasteiger partial charge < -0.3 is 19.7 Å². The molecule has 4 aromatic rings. The van der Waals surface area contributed by atoms with Crippen molar-refractivity contribution in [2.24, 2.45) is 4.99 Å². The minimum absolute atomic E-state index is 0.293. The van der Waals surface area contributed by atoms with Crippen molar-refractivity contribution < 1.29 is 27.4 Å². The lowest BCUT2D eigenvalue weighted by Crippen LogP contribution is -2.34. The summed E-state index contributed by atoms with van der Waals surface area (Å²) in [6, 6.07) is 18.7. The highest BCUT2D eigenvalue weighted by atomic mass is 32.2. The molecule has 0 spiro atoms. The fraction of sp³-hybridized carbons (Fsp3) is 0.312. The summed E-state index contributed by atoms with van der Waals surface area (Å²) in [6.45, 7) is 5.03. The second-order valence-corrected chi connectivity index (χ2v) is 12.2. The number of carbonyl (C=O) groups is 1. The molecule has 2 aliphatic rings. The molecule has 1 N–H and O–H groups in total. The van der Waals surface area contributed by atoms with Gasteiger partial charge >= 0.3 is 12.4 Å². The van der Waals surface area contributed by atoms with Gasteiger partial charge in [-0.05, 0) is 60.2 Å². The Bertz CT molecular complexity index is 1720. The van der Waals surface area contributed by atoms with Crippen LogP contribution in [0.5, 0.6) is 11.5 Å². The molecule has 1 aliphatic heterocycles. The normalized spacial score (nSPS) is 16.7. The highest BCUT2D eigenvalue weighted by molar-refractivity contribution is 8.14. The molecule has 1 aromatic heterocycles. The first-order chi connectivity index (χ1) is 21.5. The molecule has 45 heavy (non-hydrogen) atoms. The standard InChI is InChI=1S/C32H31F3N6O3S/c1-20(2)26-13-12-25(43-3)18-27(26)40-16-17-45-30(40)37-29(42)38-31(14-15-31)22-6-4-21(5-7-22)28-36-19-41(39-28)23-8-10-24(11-9-23)44-32(33,34)35/h4-13,18-20H,14-17H2,1-3H3,(H,38,42)/b37-30-. The summed E-state index contributed by atoms with van der Waals surface area (Å²) >= 11 is 1.56. The van der Waals surface area contributed by atoms with Crippen molar-refractivity contribution in [3.63, 3.8) is 0 Å². The summed E-state index contributed by atoms with van der Waals surface area (Å²) in [7, 11) is 1.64. The zero-order chi connectivity index (χ0) is 31.8. The molecule has 1 saturated heterocycles. The number of aromatic nitrogens is 3. The number of anilines is 1. The second kappa shape index (κ2) is 12.1. The number of amidine groups is 1. The lowest BCUT2D eigenvalue weighted by Gasteiger charge is -2.24. The van der Waals surface area contributed by atoms with Gasteiger partial charge in [0.15, 0.2) is 11.0 Å². The molecule has 2 amide bonds. The van der Waals surface area contributed by atoms with Gasteiger partial charge in [0, 0.05) is 29.6 Å². The number of amides is 2. The third kappa shape index (κ3) is 6.77. The van der Waals surface area contributed by atoms with Crippen LogP contribution in [0.1, 0.15) is 43.7 Å².